The van der Waals surface area contributed by atoms with E-state index in [0.29, 0.717) is 10.9 Å². The van der Waals surface area contributed by atoms with E-state index in [2.05, 4.69) is 26.3 Å². The fraction of sp³-hybridized carbons (Fsp3) is 0.421. The SMILES string of the molecule is Cc1nc(C[C@H]2CCCNCC2)cc(-c2cnc3ccc(Cl)cn23)n1. The highest BCUT2D eigenvalue weighted by molar-refractivity contribution is 6.30. The summed E-state index contributed by atoms with van der Waals surface area (Å²) in [4.78, 5) is 13.8. The number of aromatic nitrogens is 4. The van der Waals surface area contributed by atoms with Crippen molar-refractivity contribution >= 4 is 17.2 Å². The van der Waals surface area contributed by atoms with Gasteiger partial charge in [0.15, 0.2) is 0 Å². The van der Waals surface area contributed by atoms with Crippen molar-refractivity contribution < 1.29 is 0 Å². The van der Waals surface area contributed by atoms with E-state index in [9.17, 15) is 0 Å². The molecule has 25 heavy (non-hydrogen) atoms. The van der Waals surface area contributed by atoms with Gasteiger partial charge >= 0.3 is 0 Å². The molecule has 1 fully saturated rings. The lowest BCUT2D eigenvalue weighted by Gasteiger charge is -2.14. The van der Waals surface area contributed by atoms with Crippen LogP contribution >= 0.6 is 11.6 Å². The van der Waals surface area contributed by atoms with E-state index in [1.54, 1.807) is 0 Å². The van der Waals surface area contributed by atoms with Crippen LogP contribution in [0.2, 0.25) is 5.02 Å². The number of hydrogen-bond acceptors (Lipinski definition) is 4. The second-order valence-corrected chi connectivity index (χ2v) is 7.20. The van der Waals surface area contributed by atoms with Crippen LogP contribution in [0, 0.1) is 12.8 Å². The van der Waals surface area contributed by atoms with Crippen molar-refractivity contribution in [2.75, 3.05) is 13.1 Å². The zero-order valence-electron chi connectivity index (χ0n) is 14.4. The lowest BCUT2D eigenvalue weighted by Crippen LogP contribution is -2.14. The van der Waals surface area contributed by atoms with Gasteiger partial charge in [0.2, 0.25) is 0 Å². The minimum absolute atomic E-state index is 0.684. The molecule has 0 amide bonds. The lowest BCUT2D eigenvalue weighted by atomic mass is 9.95. The Labute approximate surface area is 152 Å². The van der Waals surface area contributed by atoms with Gasteiger partial charge in [-0.3, -0.25) is 4.40 Å². The number of halogens is 1. The van der Waals surface area contributed by atoms with Crippen molar-refractivity contribution in [1.82, 2.24) is 24.7 Å². The number of rotatable bonds is 3. The molecule has 0 spiro atoms. The molecule has 1 aliphatic heterocycles. The first-order valence-corrected chi connectivity index (χ1v) is 9.25. The molecule has 4 rings (SSSR count). The Kier molecular flexibility index (Phi) is 4.68. The molecule has 3 aromatic heterocycles. The summed E-state index contributed by atoms with van der Waals surface area (Å²) < 4.78 is 1.99. The largest absolute Gasteiger partial charge is 0.317 e. The summed E-state index contributed by atoms with van der Waals surface area (Å²) in [6, 6.07) is 5.87. The molecule has 5 nitrogen and oxygen atoms in total. The van der Waals surface area contributed by atoms with Crippen molar-refractivity contribution in [1.29, 1.82) is 0 Å². The molecule has 0 aliphatic carbocycles. The molecule has 0 aromatic carbocycles. The molecule has 1 saturated heterocycles. The Morgan fingerprint density at radius 3 is 3.08 bits per heavy atom. The summed E-state index contributed by atoms with van der Waals surface area (Å²) in [6.45, 7) is 4.19. The molecular weight excluding hydrogens is 334 g/mol. The van der Waals surface area contributed by atoms with Crippen molar-refractivity contribution in [2.45, 2.75) is 32.6 Å². The highest BCUT2D eigenvalue weighted by Crippen LogP contribution is 2.24. The van der Waals surface area contributed by atoms with E-state index < -0.39 is 0 Å². The Hall–Kier alpha value is -1.98. The quantitative estimate of drug-likeness (QED) is 0.778. The van der Waals surface area contributed by atoms with Crippen LogP contribution in [0.1, 0.15) is 30.8 Å². The van der Waals surface area contributed by atoms with Crippen LogP contribution in [0.5, 0.6) is 0 Å². The molecule has 1 N–H and O–H groups in total. The predicted molar refractivity (Wildman–Crippen MR) is 99.9 cm³/mol. The van der Waals surface area contributed by atoms with Gasteiger partial charge in [-0.05, 0) is 69.8 Å². The average Bonchev–Trinajstić information content (AvgIpc) is 2.82. The fourth-order valence-corrected chi connectivity index (χ4v) is 3.76. The monoisotopic (exact) mass is 355 g/mol. The van der Waals surface area contributed by atoms with Crippen molar-refractivity contribution in [3.05, 3.63) is 47.1 Å². The maximum Gasteiger partial charge on any atom is 0.137 e. The minimum Gasteiger partial charge on any atom is -0.317 e. The van der Waals surface area contributed by atoms with Crippen LogP contribution in [0.3, 0.4) is 0 Å². The van der Waals surface area contributed by atoms with Gasteiger partial charge in [-0.25, -0.2) is 15.0 Å². The summed E-state index contributed by atoms with van der Waals surface area (Å²) >= 11 is 6.15. The minimum atomic E-state index is 0.684. The van der Waals surface area contributed by atoms with Crippen molar-refractivity contribution in [3.63, 3.8) is 0 Å². The summed E-state index contributed by atoms with van der Waals surface area (Å²) in [6.07, 6.45) is 8.46. The van der Waals surface area contributed by atoms with Gasteiger partial charge in [-0.15, -0.1) is 0 Å². The summed E-state index contributed by atoms with van der Waals surface area (Å²) in [5.74, 6) is 1.49. The average molecular weight is 356 g/mol. The van der Waals surface area contributed by atoms with Crippen LogP contribution in [0.25, 0.3) is 17.0 Å². The standard InChI is InChI=1S/C19H22ClN5/c1-13-23-16(9-14-3-2-7-21-8-6-14)10-17(24-13)18-11-22-19-5-4-15(20)12-25(18)19/h4-5,10-12,14,21H,2-3,6-9H2,1H3/t14-/m0/s1. The zero-order chi connectivity index (χ0) is 17.2. The van der Waals surface area contributed by atoms with Crippen molar-refractivity contribution in [2.24, 2.45) is 5.92 Å². The third-order valence-electron chi connectivity index (χ3n) is 4.82. The van der Waals surface area contributed by atoms with Gasteiger partial charge in [0, 0.05) is 11.9 Å². The molecule has 6 heteroatoms. The first-order chi connectivity index (χ1) is 12.2. The maximum absolute atomic E-state index is 6.15. The number of fused-ring (bicyclic) bond motifs is 1. The first kappa shape index (κ1) is 16.5. The van der Waals surface area contributed by atoms with Gasteiger partial charge in [-0.1, -0.05) is 11.6 Å². The lowest BCUT2D eigenvalue weighted by molar-refractivity contribution is 0.464. The Morgan fingerprint density at radius 2 is 2.16 bits per heavy atom. The van der Waals surface area contributed by atoms with E-state index >= 15 is 0 Å². The zero-order valence-corrected chi connectivity index (χ0v) is 15.1. The van der Waals surface area contributed by atoms with E-state index in [4.69, 9.17) is 11.6 Å². The van der Waals surface area contributed by atoms with Gasteiger partial charge < -0.3 is 5.32 Å². The van der Waals surface area contributed by atoms with Crippen LogP contribution in [-0.2, 0) is 6.42 Å². The van der Waals surface area contributed by atoms with E-state index in [-0.39, 0.29) is 0 Å². The van der Waals surface area contributed by atoms with E-state index in [1.165, 1.54) is 19.3 Å². The van der Waals surface area contributed by atoms with E-state index in [0.717, 1.165) is 48.1 Å². The van der Waals surface area contributed by atoms with Crippen LogP contribution < -0.4 is 5.32 Å². The van der Waals surface area contributed by atoms with Gasteiger partial charge in [0.05, 0.1) is 22.6 Å². The molecule has 0 radical (unpaired) electrons. The molecular formula is C19H22ClN5. The summed E-state index contributed by atoms with van der Waals surface area (Å²) in [7, 11) is 0. The second kappa shape index (κ2) is 7.10. The first-order valence-electron chi connectivity index (χ1n) is 8.87. The highest BCUT2D eigenvalue weighted by Gasteiger charge is 2.16. The van der Waals surface area contributed by atoms with Gasteiger partial charge in [0.1, 0.15) is 11.5 Å². The molecule has 0 saturated carbocycles. The number of aryl methyl sites for hydroxylation is 1. The highest BCUT2D eigenvalue weighted by atomic mass is 35.5. The number of nitrogens with zero attached hydrogens (tertiary/aromatic N) is 4. The Balaban J connectivity index is 1.67. The van der Waals surface area contributed by atoms with Gasteiger partial charge in [0.25, 0.3) is 0 Å². The van der Waals surface area contributed by atoms with Gasteiger partial charge in [-0.2, -0.15) is 0 Å². The molecule has 1 aliphatic rings. The summed E-state index contributed by atoms with van der Waals surface area (Å²) in [5.41, 5.74) is 3.84. The maximum atomic E-state index is 6.15. The molecule has 0 unspecified atom stereocenters. The predicted octanol–water partition coefficient (Wildman–Crippen LogP) is 3.69. The molecule has 4 heterocycles. The number of pyridine rings is 1. The Bertz CT molecular complexity index is 881. The second-order valence-electron chi connectivity index (χ2n) is 6.76. The number of imidazole rings is 1. The third kappa shape index (κ3) is 3.67. The molecule has 130 valence electrons. The topological polar surface area (TPSA) is 55.1 Å². The smallest absolute Gasteiger partial charge is 0.137 e. The molecule has 3 aromatic rings. The number of hydrogen-bond donors (Lipinski definition) is 1. The van der Waals surface area contributed by atoms with Crippen molar-refractivity contribution in [3.8, 4) is 11.4 Å². The van der Waals surface area contributed by atoms with E-state index in [1.807, 2.05) is 35.9 Å². The third-order valence-corrected chi connectivity index (χ3v) is 5.04. The Morgan fingerprint density at radius 1 is 1.24 bits per heavy atom. The summed E-state index contributed by atoms with van der Waals surface area (Å²) in [5, 5.41) is 4.16. The molecule has 0 bridgehead atoms. The fourth-order valence-electron chi connectivity index (χ4n) is 3.60. The molecule has 1 atom stereocenters. The van der Waals surface area contributed by atoms with Crippen LogP contribution in [0.4, 0.5) is 0 Å². The van der Waals surface area contributed by atoms with Crippen LogP contribution in [0.15, 0.2) is 30.6 Å². The van der Waals surface area contributed by atoms with Crippen LogP contribution in [-0.4, -0.2) is 32.4 Å². The number of nitrogens with one attached hydrogen (secondary N) is 1. The normalized spacial score (nSPS) is 18.4.